The topological polar surface area (TPSA) is 109 Å². The summed E-state index contributed by atoms with van der Waals surface area (Å²) in [4.78, 5) is 11.7. The second-order valence-corrected chi connectivity index (χ2v) is 5.99. The number of nitriles is 1. The van der Waals surface area contributed by atoms with Crippen LogP contribution in [-0.4, -0.2) is 35.9 Å². The Morgan fingerprint density at radius 2 is 2.11 bits per heavy atom. The average Bonchev–Trinajstić information content (AvgIpc) is 2.27. The summed E-state index contributed by atoms with van der Waals surface area (Å²) in [5, 5.41) is 11.8. The van der Waals surface area contributed by atoms with Gasteiger partial charge < -0.3 is 5.32 Å². The van der Waals surface area contributed by atoms with Crippen molar-refractivity contribution >= 4 is 27.5 Å². The fourth-order valence-corrected chi connectivity index (χ4v) is 1.81. The van der Waals surface area contributed by atoms with E-state index in [0.29, 0.717) is 11.0 Å². The number of aryl methyl sites for hydroxylation is 1. The number of hydrogen-bond donors (Lipinski definition) is 1. The fourth-order valence-electron chi connectivity index (χ4n) is 0.965. The van der Waals surface area contributed by atoms with E-state index in [2.05, 4.69) is 20.3 Å². The third-order valence-corrected chi connectivity index (χ3v) is 3.31. The minimum Gasteiger partial charge on any atom is -0.329 e. The van der Waals surface area contributed by atoms with Crippen molar-refractivity contribution in [3.05, 3.63) is 16.9 Å². The van der Waals surface area contributed by atoms with Crippen LogP contribution in [0.5, 0.6) is 0 Å². The fraction of sp³-hybridized carbons (Fsp3) is 0.333. The highest BCUT2D eigenvalue weighted by Gasteiger charge is 2.10. The van der Waals surface area contributed by atoms with Gasteiger partial charge in [0.25, 0.3) is 0 Å². The number of nitrogens with zero attached hydrogens (tertiary/aromatic N) is 4. The molecule has 1 aromatic rings. The van der Waals surface area contributed by atoms with Crippen LogP contribution in [-0.2, 0) is 9.84 Å². The van der Waals surface area contributed by atoms with Gasteiger partial charge in [-0.2, -0.15) is 15.2 Å². The van der Waals surface area contributed by atoms with Crippen LogP contribution in [0, 0.1) is 18.3 Å². The Morgan fingerprint density at radius 3 is 2.61 bits per heavy atom. The molecule has 0 bridgehead atoms. The summed E-state index contributed by atoms with van der Waals surface area (Å²) in [6.07, 6.45) is 3.83. The molecule has 0 unspecified atom stereocenters. The zero-order chi connectivity index (χ0) is 13.8. The summed E-state index contributed by atoms with van der Waals surface area (Å²) in [5.41, 5.74) is 0. The molecule has 9 heteroatoms. The molecule has 1 N–H and O–H groups in total. The van der Waals surface area contributed by atoms with E-state index in [4.69, 9.17) is 5.26 Å². The largest absolute Gasteiger partial charge is 0.329 e. The van der Waals surface area contributed by atoms with Crippen molar-refractivity contribution < 1.29 is 8.42 Å². The Hall–Kier alpha value is -1.66. The van der Waals surface area contributed by atoms with E-state index in [9.17, 15) is 8.42 Å². The number of anilines is 1. The molecule has 96 valence electrons. The molecule has 1 heterocycles. The van der Waals surface area contributed by atoms with E-state index in [1.165, 1.54) is 11.8 Å². The second kappa shape index (κ2) is 5.79. The molecule has 0 aliphatic heterocycles. The van der Waals surface area contributed by atoms with E-state index in [1.54, 1.807) is 13.0 Å². The van der Waals surface area contributed by atoms with Crippen molar-refractivity contribution in [1.29, 1.82) is 5.26 Å². The van der Waals surface area contributed by atoms with Gasteiger partial charge in [0.1, 0.15) is 11.9 Å². The molecule has 7 nitrogen and oxygen atoms in total. The summed E-state index contributed by atoms with van der Waals surface area (Å²) in [7, 11) is -3.55. The molecule has 1 rings (SSSR count). The van der Waals surface area contributed by atoms with Crippen molar-refractivity contribution in [3.8, 4) is 6.07 Å². The predicted molar refractivity (Wildman–Crippen MR) is 68.5 cm³/mol. The Balaban J connectivity index is 3.03. The molecule has 0 saturated carbocycles. The maximum atomic E-state index is 11.2. The van der Waals surface area contributed by atoms with Crippen LogP contribution >= 0.6 is 11.8 Å². The Labute approximate surface area is 109 Å². The predicted octanol–water partition coefficient (Wildman–Crippen LogP) is 0.723. The molecule has 0 radical (unpaired) electrons. The van der Waals surface area contributed by atoms with Gasteiger partial charge in [0, 0.05) is 12.5 Å². The lowest BCUT2D eigenvalue weighted by Crippen LogP contribution is -2.05. The molecule has 0 atom stereocenters. The summed E-state index contributed by atoms with van der Waals surface area (Å²) >= 11 is 1.34. The van der Waals surface area contributed by atoms with Gasteiger partial charge in [-0.3, -0.25) is 0 Å². The highest BCUT2D eigenvalue weighted by Crippen LogP contribution is 2.11. The van der Waals surface area contributed by atoms with Gasteiger partial charge in [0.15, 0.2) is 19.9 Å². The highest BCUT2D eigenvalue weighted by atomic mass is 32.2. The third kappa shape index (κ3) is 3.97. The first kappa shape index (κ1) is 14.4. The molecular formula is C9H11N5O2S2. The molecule has 0 aliphatic rings. The minimum atomic E-state index is -3.55. The second-order valence-electron chi connectivity index (χ2n) is 3.23. The van der Waals surface area contributed by atoms with Crippen molar-refractivity contribution in [2.75, 3.05) is 17.8 Å². The van der Waals surface area contributed by atoms with E-state index >= 15 is 0 Å². The van der Waals surface area contributed by atoms with E-state index in [1.807, 2.05) is 6.26 Å². The highest BCUT2D eigenvalue weighted by molar-refractivity contribution is 7.98. The molecule has 0 saturated heterocycles. The molecule has 0 amide bonds. The summed E-state index contributed by atoms with van der Waals surface area (Å²) < 4.78 is 22.4. The van der Waals surface area contributed by atoms with Crippen molar-refractivity contribution in [1.82, 2.24) is 15.0 Å². The van der Waals surface area contributed by atoms with Gasteiger partial charge >= 0.3 is 0 Å². The van der Waals surface area contributed by atoms with Gasteiger partial charge in [-0.1, -0.05) is 11.8 Å². The van der Waals surface area contributed by atoms with E-state index in [-0.39, 0.29) is 10.9 Å². The lowest BCUT2D eigenvalue weighted by Gasteiger charge is -2.02. The van der Waals surface area contributed by atoms with Crippen LogP contribution in [0.4, 0.5) is 5.95 Å². The quantitative estimate of drug-likeness (QED) is 0.636. The van der Waals surface area contributed by atoms with Crippen LogP contribution in [0.15, 0.2) is 16.3 Å². The lowest BCUT2D eigenvalue weighted by molar-refractivity contribution is 0.608. The van der Waals surface area contributed by atoms with Gasteiger partial charge in [0.05, 0.1) is 0 Å². The van der Waals surface area contributed by atoms with Crippen molar-refractivity contribution in [2.45, 2.75) is 12.1 Å². The third-order valence-electron chi connectivity index (χ3n) is 1.75. The maximum absolute atomic E-state index is 11.2. The van der Waals surface area contributed by atoms with Crippen molar-refractivity contribution in [3.63, 3.8) is 0 Å². The number of hydrogen-bond acceptors (Lipinski definition) is 8. The maximum Gasteiger partial charge on any atom is 0.231 e. The molecule has 0 fully saturated rings. The summed E-state index contributed by atoms with van der Waals surface area (Å²) in [6.45, 7) is 1.69. The molecule has 0 aromatic carbocycles. The Bertz CT molecular complexity index is 618. The monoisotopic (exact) mass is 285 g/mol. The zero-order valence-corrected chi connectivity index (χ0v) is 11.6. The van der Waals surface area contributed by atoms with Gasteiger partial charge in [-0.15, -0.1) is 0 Å². The number of allylic oxidation sites excluding steroid dienone is 1. The number of aromatic nitrogens is 3. The van der Waals surface area contributed by atoms with Crippen LogP contribution in [0.2, 0.25) is 0 Å². The first-order valence-electron chi connectivity index (χ1n) is 4.70. The van der Waals surface area contributed by atoms with Crippen LogP contribution < -0.4 is 5.32 Å². The van der Waals surface area contributed by atoms with Gasteiger partial charge in [0.2, 0.25) is 5.95 Å². The zero-order valence-electron chi connectivity index (χ0n) is 10.00. The standard InChI is InChI=1S/C9H11N5O2S2/c1-6-12-8(14-9(13-6)17-2)11-5-7(4-10)18(3,15)16/h5H,1-3H3,(H,11,12,13,14). The smallest absolute Gasteiger partial charge is 0.231 e. The summed E-state index contributed by atoms with van der Waals surface area (Å²) in [5.74, 6) is 0.700. The van der Waals surface area contributed by atoms with E-state index < -0.39 is 9.84 Å². The molecule has 1 aromatic heterocycles. The minimum absolute atomic E-state index is 0.197. The van der Waals surface area contributed by atoms with E-state index in [0.717, 1.165) is 12.5 Å². The Kier molecular flexibility index (Phi) is 4.63. The van der Waals surface area contributed by atoms with Crippen LogP contribution in [0.25, 0.3) is 0 Å². The van der Waals surface area contributed by atoms with Gasteiger partial charge in [-0.05, 0) is 13.2 Å². The normalized spacial score (nSPS) is 12.0. The van der Waals surface area contributed by atoms with Crippen LogP contribution in [0.3, 0.4) is 0 Å². The number of nitrogens with one attached hydrogen (secondary N) is 1. The van der Waals surface area contributed by atoms with Crippen molar-refractivity contribution in [2.24, 2.45) is 0 Å². The molecule has 18 heavy (non-hydrogen) atoms. The van der Waals surface area contributed by atoms with Gasteiger partial charge in [-0.25, -0.2) is 13.4 Å². The lowest BCUT2D eigenvalue weighted by atomic mass is 10.6. The SMILES string of the molecule is CSc1nc(C)nc(NC=C(C#N)S(C)(=O)=O)n1. The first-order chi connectivity index (χ1) is 8.36. The van der Waals surface area contributed by atoms with Crippen LogP contribution in [0.1, 0.15) is 5.82 Å². The first-order valence-corrected chi connectivity index (χ1v) is 7.82. The average molecular weight is 285 g/mol. The Morgan fingerprint density at radius 1 is 1.44 bits per heavy atom. The number of sulfone groups is 1. The summed E-state index contributed by atoms with van der Waals surface area (Å²) in [6, 6.07) is 1.59. The molecule has 0 spiro atoms. The number of thioether (sulfide) groups is 1. The molecule has 0 aliphatic carbocycles. The molecular weight excluding hydrogens is 274 g/mol. The number of rotatable bonds is 4.